The molecule has 2 amide bonds. The topological polar surface area (TPSA) is 48.5 Å². The summed E-state index contributed by atoms with van der Waals surface area (Å²) in [6.45, 7) is 4.72. The number of carbonyl (C=O) groups excluding carboxylic acids is 1. The van der Waals surface area contributed by atoms with E-state index >= 15 is 0 Å². The molecule has 0 saturated carbocycles. The van der Waals surface area contributed by atoms with Crippen LogP contribution in [0.3, 0.4) is 0 Å². The van der Waals surface area contributed by atoms with Crippen molar-refractivity contribution >= 4 is 23.2 Å². The van der Waals surface area contributed by atoms with Crippen LogP contribution < -0.4 is 10.2 Å². The first-order valence-corrected chi connectivity index (χ1v) is 9.27. The number of hydrogen-bond donors (Lipinski definition) is 1. The molecular weight excluding hydrogens is 320 g/mol. The van der Waals surface area contributed by atoms with Gasteiger partial charge in [0.15, 0.2) is 0 Å². The maximum atomic E-state index is 12.3. The fourth-order valence-corrected chi connectivity index (χ4v) is 3.68. The molecule has 0 spiro atoms. The highest BCUT2D eigenvalue weighted by Gasteiger charge is 2.18. The Labute approximate surface area is 147 Å². The van der Waals surface area contributed by atoms with E-state index in [-0.39, 0.29) is 12.1 Å². The van der Waals surface area contributed by atoms with Gasteiger partial charge in [-0.15, -0.1) is 11.3 Å². The van der Waals surface area contributed by atoms with E-state index < -0.39 is 0 Å². The quantitative estimate of drug-likeness (QED) is 0.901. The number of urea groups is 1. The highest BCUT2D eigenvalue weighted by molar-refractivity contribution is 7.10. The Balaban J connectivity index is 1.52. The van der Waals surface area contributed by atoms with Crippen molar-refractivity contribution in [3.05, 3.63) is 46.3 Å². The molecule has 0 aliphatic carbocycles. The van der Waals surface area contributed by atoms with Crippen LogP contribution in [0.5, 0.6) is 0 Å². The van der Waals surface area contributed by atoms with Crippen LogP contribution in [0.1, 0.15) is 36.2 Å². The summed E-state index contributed by atoms with van der Waals surface area (Å²) in [5.41, 5.74) is 1.02. The van der Waals surface area contributed by atoms with Crippen molar-refractivity contribution < 1.29 is 4.79 Å². The van der Waals surface area contributed by atoms with Crippen molar-refractivity contribution in [1.29, 1.82) is 0 Å². The Kier molecular flexibility index (Phi) is 5.35. The summed E-state index contributed by atoms with van der Waals surface area (Å²) >= 11 is 1.67. The first-order valence-electron chi connectivity index (χ1n) is 8.39. The molecule has 24 heavy (non-hydrogen) atoms. The van der Waals surface area contributed by atoms with Crippen LogP contribution in [0.15, 0.2) is 35.8 Å². The van der Waals surface area contributed by atoms with Crippen LogP contribution in [0, 0.1) is 0 Å². The zero-order valence-electron chi connectivity index (χ0n) is 14.2. The SMILES string of the molecule is C[C@@H](c1cccs1)N(C)C(=O)NCc1ccc(N2CCCC2)nc1. The average molecular weight is 344 g/mol. The fraction of sp³-hybridized carbons (Fsp3) is 0.444. The van der Waals surface area contributed by atoms with Crippen molar-refractivity contribution in [2.45, 2.75) is 32.4 Å². The molecular formula is C18H24N4OS. The summed E-state index contributed by atoms with van der Waals surface area (Å²) in [5.74, 6) is 1.03. The lowest BCUT2D eigenvalue weighted by atomic mass is 10.2. The lowest BCUT2D eigenvalue weighted by molar-refractivity contribution is 0.194. The molecule has 2 aromatic rings. The molecule has 1 atom stereocenters. The molecule has 0 unspecified atom stereocenters. The van der Waals surface area contributed by atoms with Gasteiger partial charge in [-0.2, -0.15) is 0 Å². The van der Waals surface area contributed by atoms with Gasteiger partial charge in [0, 0.05) is 37.8 Å². The maximum Gasteiger partial charge on any atom is 0.317 e. The molecule has 2 aromatic heterocycles. The summed E-state index contributed by atoms with van der Waals surface area (Å²) in [4.78, 5) is 22.1. The predicted molar refractivity (Wildman–Crippen MR) is 98.4 cm³/mol. The number of nitrogens with zero attached hydrogens (tertiary/aromatic N) is 3. The number of rotatable bonds is 5. The Morgan fingerprint density at radius 3 is 2.79 bits per heavy atom. The zero-order valence-corrected chi connectivity index (χ0v) is 15.1. The van der Waals surface area contributed by atoms with Gasteiger partial charge in [0.25, 0.3) is 0 Å². The number of carbonyl (C=O) groups is 1. The number of hydrogen-bond acceptors (Lipinski definition) is 4. The molecule has 3 heterocycles. The van der Waals surface area contributed by atoms with E-state index in [0.717, 1.165) is 24.5 Å². The van der Waals surface area contributed by atoms with Gasteiger partial charge < -0.3 is 15.1 Å². The maximum absolute atomic E-state index is 12.3. The second kappa shape index (κ2) is 7.66. The summed E-state index contributed by atoms with van der Waals surface area (Å²) in [7, 11) is 1.83. The highest BCUT2D eigenvalue weighted by Crippen LogP contribution is 2.23. The number of amides is 2. The van der Waals surface area contributed by atoms with Gasteiger partial charge in [-0.1, -0.05) is 12.1 Å². The van der Waals surface area contributed by atoms with Crippen molar-refractivity contribution in [3.8, 4) is 0 Å². The molecule has 0 bridgehead atoms. The van der Waals surface area contributed by atoms with Crippen molar-refractivity contribution in [1.82, 2.24) is 15.2 Å². The number of nitrogens with one attached hydrogen (secondary N) is 1. The summed E-state index contributed by atoms with van der Waals surface area (Å²) < 4.78 is 0. The van der Waals surface area contributed by atoms with E-state index in [9.17, 15) is 4.79 Å². The fourth-order valence-electron chi connectivity index (χ4n) is 2.85. The molecule has 1 saturated heterocycles. The molecule has 6 heteroatoms. The van der Waals surface area contributed by atoms with E-state index in [0.29, 0.717) is 6.54 Å². The third kappa shape index (κ3) is 3.87. The van der Waals surface area contributed by atoms with Gasteiger partial charge in [0.2, 0.25) is 0 Å². The second-order valence-electron chi connectivity index (χ2n) is 6.18. The molecule has 0 aromatic carbocycles. The predicted octanol–water partition coefficient (Wildman–Crippen LogP) is 3.65. The summed E-state index contributed by atoms with van der Waals surface area (Å²) in [5, 5.41) is 5.00. The van der Waals surface area contributed by atoms with E-state index in [1.807, 2.05) is 43.7 Å². The van der Waals surface area contributed by atoms with Crippen LogP contribution in [0.25, 0.3) is 0 Å². The van der Waals surface area contributed by atoms with Gasteiger partial charge >= 0.3 is 6.03 Å². The van der Waals surface area contributed by atoms with Crippen LogP contribution >= 0.6 is 11.3 Å². The molecule has 1 aliphatic heterocycles. The molecule has 128 valence electrons. The van der Waals surface area contributed by atoms with Gasteiger partial charge in [-0.05, 0) is 42.8 Å². The third-order valence-corrected chi connectivity index (χ3v) is 5.58. The minimum atomic E-state index is -0.0699. The first kappa shape index (κ1) is 16.8. The Hall–Kier alpha value is -2.08. The minimum Gasteiger partial charge on any atom is -0.357 e. The van der Waals surface area contributed by atoms with Crippen LogP contribution in [0.2, 0.25) is 0 Å². The van der Waals surface area contributed by atoms with E-state index in [1.165, 1.54) is 17.7 Å². The first-order chi connectivity index (χ1) is 11.6. The van der Waals surface area contributed by atoms with Gasteiger partial charge in [0.1, 0.15) is 5.82 Å². The highest BCUT2D eigenvalue weighted by atomic mass is 32.1. The van der Waals surface area contributed by atoms with E-state index in [4.69, 9.17) is 0 Å². The second-order valence-corrected chi connectivity index (χ2v) is 7.16. The lowest BCUT2D eigenvalue weighted by Crippen LogP contribution is -2.38. The van der Waals surface area contributed by atoms with Crippen molar-refractivity contribution in [2.75, 3.05) is 25.0 Å². The number of pyridine rings is 1. The number of anilines is 1. The molecule has 1 aliphatic rings. The summed E-state index contributed by atoms with van der Waals surface area (Å²) in [6.07, 6.45) is 4.35. The molecule has 3 rings (SSSR count). The van der Waals surface area contributed by atoms with Crippen molar-refractivity contribution in [2.24, 2.45) is 0 Å². The van der Waals surface area contributed by atoms with Crippen LogP contribution in [-0.4, -0.2) is 36.1 Å². The van der Waals surface area contributed by atoms with Crippen LogP contribution in [-0.2, 0) is 6.54 Å². The van der Waals surface area contributed by atoms with Gasteiger partial charge in [-0.25, -0.2) is 9.78 Å². The standard InChI is InChI=1S/C18H24N4OS/c1-14(16-6-5-11-24-16)21(2)18(23)20-13-15-7-8-17(19-12-15)22-9-3-4-10-22/h5-8,11-12,14H,3-4,9-10,13H2,1-2H3,(H,20,23)/t14-/m0/s1. The minimum absolute atomic E-state index is 0.0699. The Morgan fingerprint density at radius 2 is 2.17 bits per heavy atom. The molecule has 1 N–H and O–H groups in total. The van der Waals surface area contributed by atoms with E-state index in [1.54, 1.807) is 16.2 Å². The zero-order chi connectivity index (χ0) is 16.9. The smallest absolute Gasteiger partial charge is 0.317 e. The van der Waals surface area contributed by atoms with Gasteiger partial charge in [0.05, 0.1) is 6.04 Å². The normalized spacial score (nSPS) is 15.3. The largest absolute Gasteiger partial charge is 0.357 e. The van der Waals surface area contributed by atoms with Crippen molar-refractivity contribution in [3.63, 3.8) is 0 Å². The monoisotopic (exact) mass is 344 g/mol. The molecule has 5 nitrogen and oxygen atoms in total. The summed E-state index contributed by atoms with van der Waals surface area (Å²) in [6, 6.07) is 8.16. The lowest BCUT2D eigenvalue weighted by Gasteiger charge is -2.24. The van der Waals surface area contributed by atoms with E-state index in [2.05, 4.69) is 21.3 Å². The number of aromatic nitrogens is 1. The van der Waals surface area contributed by atoms with Gasteiger partial charge in [-0.3, -0.25) is 0 Å². The molecule has 0 radical (unpaired) electrons. The van der Waals surface area contributed by atoms with Crippen LogP contribution in [0.4, 0.5) is 10.6 Å². The average Bonchev–Trinajstić information content (AvgIpc) is 3.32. The Morgan fingerprint density at radius 1 is 1.38 bits per heavy atom. The third-order valence-electron chi connectivity index (χ3n) is 4.54. The molecule has 1 fully saturated rings. The number of thiophene rings is 1. The Bertz CT molecular complexity index is 650.